The molecule has 0 bridgehead atoms. The number of carbonyl (C=O) groups is 1. The number of aromatic amines is 2. The molecule has 0 radical (unpaired) electrons. The summed E-state index contributed by atoms with van der Waals surface area (Å²) in [4.78, 5) is 31.7. The molecule has 1 aromatic carbocycles. The quantitative estimate of drug-likeness (QED) is 0.670. The first-order valence-corrected chi connectivity index (χ1v) is 13.0. The van der Waals surface area contributed by atoms with Crippen molar-refractivity contribution in [1.29, 1.82) is 0 Å². The summed E-state index contributed by atoms with van der Waals surface area (Å²) in [7, 11) is -1.34. The Bertz CT molecular complexity index is 1200. The highest BCUT2D eigenvalue weighted by Crippen LogP contribution is 2.48. The Hall–Kier alpha value is -2.42. The molecule has 2 heterocycles. The number of hydrogen-bond donors (Lipinski definition) is 2. The summed E-state index contributed by atoms with van der Waals surface area (Å²) in [5.41, 5.74) is 2.81. The van der Waals surface area contributed by atoms with Gasteiger partial charge in [0.2, 0.25) is 0 Å². The van der Waals surface area contributed by atoms with Crippen LogP contribution < -0.4 is 5.69 Å². The lowest BCUT2D eigenvalue weighted by Gasteiger charge is -2.26. The summed E-state index contributed by atoms with van der Waals surface area (Å²) < 4.78 is 22.8. The van der Waals surface area contributed by atoms with Gasteiger partial charge in [-0.15, -0.1) is 0 Å². The lowest BCUT2D eigenvalue weighted by Crippen LogP contribution is -2.36. The molecule has 9 heteroatoms. The summed E-state index contributed by atoms with van der Waals surface area (Å²) in [5.74, 6) is 0.132. The van der Waals surface area contributed by atoms with Crippen LogP contribution in [0.2, 0.25) is 0 Å². The molecule has 1 aliphatic heterocycles. The number of aromatic nitrogens is 2. The van der Waals surface area contributed by atoms with Gasteiger partial charge in [0.05, 0.1) is 15.8 Å². The summed E-state index contributed by atoms with van der Waals surface area (Å²) in [5, 5.41) is 0. The minimum atomic E-state index is -1.34. The number of benzene rings is 1. The second-order valence-corrected chi connectivity index (χ2v) is 13.7. The van der Waals surface area contributed by atoms with Crippen molar-refractivity contribution in [2.24, 2.45) is 15.7 Å². The summed E-state index contributed by atoms with van der Waals surface area (Å²) >= 11 is 0. The van der Waals surface area contributed by atoms with Crippen molar-refractivity contribution >= 4 is 33.8 Å². The zero-order valence-electron chi connectivity index (χ0n) is 21.0. The molecule has 8 nitrogen and oxygen atoms in total. The van der Waals surface area contributed by atoms with Crippen molar-refractivity contribution in [1.82, 2.24) is 14.9 Å². The first kappa shape index (κ1) is 24.7. The van der Waals surface area contributed by atoms with E-state index in [1.54, 1.807) is 0 Å². The van der Waals surface area contributed by atoms with Crippen LogP contribution in [0.5, 0.6) is 0 Å². The summed E-state index contributed by atoms with van der Waals surface area (Å²) in [6.07, 6.45) is 2.98. The second kappa shape index (κ2) is 8.66. The van der Waals surface area contributed by atoms with Gasteiger partial charge >= 0.3 is 11.8 Å². The Morgan fingerprint density at radius 3 is 2.59 bits per heavy atom. The van der Waals surface area contributed by atoms with Crippen LogP contribution in [-0.2, 0) is 22.1 Å². The smallest absolute Gasteiger partial charge is 0.410 e. The van der Waals surface area contributed by atoms with Gasteiger partial charge in [-0.3, -0.25) is 0 Å². The van der Waals surface area contributed by atoms with Crippen LogP contribution in [-0.4, -0.2) is 54.3 Å². The molecule has 1 saturated heterocycles. The number of carbonyl (C=O) groups excluding carboxylic acids is 1. The minimum Gasteiger partial charge on any atom is -0.444 e. The largest absolute Gasteiger partial charge is 0.444 e. The average molecular weight is 489 g/mol. The molecule has 1 aliphatic carbocycles. The van der Waals surface area contributed by atoms with Crippen LogP contribution in [0.15, 0.2) is 27.4 Å². The molecule has 1 spiro atoms. The van der Waals surface area contributed by atoms with Gasteiger partial charge in [-0.1, -0.05) is 6.07 Å². The van der Waals surface area contributed by atoms with Gasteiger partial charge in [-0.2, -0.15) is 4.40 Å². The molecule has 1 saturated carbocycles. The van der Waals surface area contributed by atoms with Crippen molar-refractivity contribution in [2.75, 3.05) is 13.1 Å². The van der Waals surface area contributed by atoms with E-state index in [0.717, 1.165) is 48.0 Å². The Morgan fingerprint density at radius 2 is 1.91 bits per heavy atom. The molecular weight excluding hydrogens is 452 g/mol. The van der Waals surface area contributed by atoms with Crippen molar-refractivity contribution in [2.45, 2.75) is 77.6 Å². The number of nitrogens with zero attached hydrogens (tertiary/aromatic N) is 2. The maximum absolute atomic E-state index is 12.9. The van der Waals surface area contributed by atoms with Gasteiger partial charge < -0.3 is 19.6 Å². The Kier molecular flexibility index (Phi) is 6.29. The van der Waals surface area contributed by atoms with Crippen LogP contribution in [0.3, 0.4) is 0 Å². The first-order valence-electron chi connectivity index (χ1n) is 11.9. The van der Waals surface area contributed by atoms with Gasteiger partial charge in [0.1, 0.15) is 16.6 Å². The molecule has 2 aliphatic rings. The van der Waals surface area contributed by atoms with Gasteiger partial charge in [-0.25, -0.2) is 13.8 Å². The van der Waals surface area contributed by atoms with Crippen LogP contribution in [0.4, 0.5) is 4.79 Å². The van der Waals surface area contributed by atoms with E-state index in [1.807, 2.05) is 64.6 Å². The number of rotatable bonds is 3. The minimum absolute atomic E-state index is 0.0744. The second-order valence-electron chi connectivity index (χ2n) is 11.8. The molecule has 2 N–H and O–H groups in total. The fourth-order valence-electron chi connectivity index (χ4n) is 5.00. The highest BCUT2D eigenvalue weighted by molar-refractivity contribution is 7.85. The molecule has 3 unspecified atom stereocenters. The van der Waals surface area contributed by atoms with Gasteiger partial charge in [0.15, 0.2) is 0 Å². The molecule has 1 aromatic heterocycles. The topological polar surface area (TPSA) is 108 Å². The fourth-order valence-corrected chi connectivity index (χ4v) is 5.70. The fraction of sp³-hybridized carbons (Fsp3) is 0.640. The Balaban J connectivity index is 1.58. The highest BCUT2D eigenvalue weighted by atomic mass is 32.2. The lowest BCUT2D eigenvalue weighted by molar-refractivity contribution is 0.0273. The predicted molar refractivity (Wildman–Crippen MR) is 136 cm³/mol. The van der Waals surface area contributed by atoms with E-state index in [1.165, 1.54) is 0 Å². The number of hydrogen-bond acceptors (Lipinski definition) is 4. The molecule has 186 valence electrons. The molecule has 1 amide bonds. The number of fused-ring (bicyclic) bond motifs is 1. The monoisotopic (exact) mass is 488 g/mol. The van der Waals surface area contributed by atoms with Crippen LogP contribution in [0.1, 0.15) is 66.4 Å². The molecule has 34 heavy (non-hydrogen) atoms. The number of amides is 1. The third-order valence-electron chi connectivity index (χ3n) is 6.58. The van der Waals surface area contributed by atoms with Gasteiger partial charge in [0.25, 0.3) is 0 Å². The standard InChI is InChI=1S/C25H36N4O4S/c1-23(2,3)33-22(31)29-10-9-25(15-29)13-17(20(14-25)28-34(32)24(4,5)6)11-16-7-8-18-19(12-16)27-21(30)26-18/h7-8,12,17H,9-11,13-15H2,1-6H3,(H2,26,27,30)/b28-20+. The average Bonchev–Trinajstić information content (AvgIpc) is 3.36. The van der Waals surface area contributed by atoms with E-state index in [0.29, 0.717) is 13.1 Å². The van der Waals surface area contributed by atoms with E-state index >= 15 is 0 Å². The zero-order valence-corrected chi connectivity index (χ0v) is 21.8. The van der Waals surface area contributed by atoms with E-state index in [9.17, 15) is 13.8 Å². The van der Waals surface area contributed by atoms with Gasteiger partial charge in [-0.05, 0) is 90.3 Å². The SMILES string of the molecule is CC(C)(C)OC(=O)N1CCC2(C/C(=N\S(=O)C(C)(C)C)C(Cc3ccc4[nH]c(=O)[nH]c4c3)C2)C1. The summed E-state index contributed by atoms with van der Waals surface area (Å²) in [6, 6.07) is 5.94. The molecule has 2 aromatic rings. The maximum atomic E-state index is 12.9. The van der Waals surface area contributed by atoms with Crippen LogP contribution >= 0.6 is 0 Å². The summed E-state index contributed by atoms with van der Waals surface area (Å²) in [6.45, 7) is 12.7. The lowest BCUT2D eigenvalue weighted by atomic mass is 9.83. The Labute approximate surface area is 203 Å². The first-order chi connectivity index (χ1) is 15.7. The highest BCUT2D eigenvalue weighted by Gasteiger charge is 2.49. The molecule has 2 fully saturated rings. The van der Waals surface area contributed by atoms with Crippen molar-refractivity contribution in [3.05, 3.63) is 34.2 Å². The Morgan fingerprint density at radius 1 is 1.21 bits per heavy atom. The van der Waals surface area contributed by atoms with Crippen molar-refractivity contribution in [3.63, 3.8) is 0 Å². The predicted octanol–water partition coefficient (Wildman–Crippen LogP) is 4.34. The third kappa shape index (κ3) is 5.45. The molecule has 3 atom stereocenters. The van der Waals surface area contributed by atoms with Crippen molar-refractivity contribution in [3.8, 4) is 0 Å². The van der Waals surface area contributed by atoms with Crippen LogP contribution in [0, 0.1) is 11.3 Å². The number of imidazole rings is 1. The zero-order chi connectivity index (χ0) is 24.9. The number of ether oxygens (including phenoxy) is 1. The third-order valence-corrected chi connectivity index (χ3v) is 8.03. The number of nitrogens with one attached hydrogen (secondary N) is 2. The van der Waals surface area contributed by atoms with E-state index < -0.39 is 21.3 Å². The molecule has 4 rings (SSSR count). The normalized spacial score (nSPS) is 25.5. The van der Waals surface area contributed by atoms with E-state index in [2.05, 4.69) is 9.97 Å². The van der Waals surface area contributed by atoms with E-state index in [-0.39, 0.29) is 23.1 Å². The maximum Gasteiger partial charge on any atom is 0.410 e. The van der Waals surface area contributed by atoms with Crippen LogP contribution in [0.25, 0.3) is 11.0 Å². The van der Waals surface area contributed by atoms with E-state index in [4.69, 9.17) is 9.13 Å². The van der Waals surface area contributed by atoms with Crippen molar-refractivity contribution < 1.29 is 13.7 Å². The number of H-pyrrole nitrogens is 2. The van der Waals surface area contributed by atoms with Gasteiger partial charge in [0, 0.05) is 24.7 Å². The number of likely N-dealkylation sites (tertiary alicyclic amines) is 1. The molecular formula is C25H36N4O4S.